The third-order valence-corrected chi connectivity index (χ3v) is 6.87. The highest BCUT2D eigenvalue weighted by atomic mass is 127. The number of ether oxygens (including phenoxy) is 1. The van der Waals surface area contributed by atoms with E-state index in [0.29, 0.717) is 34.6 Å². The van der Waals surface area contributed by atoms with Gasteiger partial charge in [0.2, 0.25) is 0 Å². The van der Waals surface area contributed by atoms with Crippen molar-refractivity contribution < 1.29 is 9.13 Å². The average molecular weight is 506 g/mol. The summed E-state index contributed by atoms with van der Waals surface area (Å²) in [6.45, 7) is 4.85. The molecule has 6 unspecified atom stereocenters. The predicted molar refractivity (Wildman–Crippen MR) is 116 cm³/mol. The van der Waals surface area contributed by atoms with Crippen molar-refractivity contribution in [2.45, 2.75) is 50.4 Å². The third kappa shape index (κ3) is 3.46. The Morgan fingerprint density at radius 1 is 1.30 bits per heavy atom. The fourth-order valence-electron chi connectivity index (χ4n) is 5.22. The van der Waals surface area contributed by atoms with Crippen LogP contribution in [0, 0.1) is 17.7 Å². The third-order valence-electron chi connectivity index (χ3n) is 6.54. The molecule has 1 saturated carbocycles. The SMILES string of the molecule is CCN=C(NC1CC1c1c(F)cccc1Cl)N1CC2C3CCC(O3)C2C1.I. The molecule has 1 N–H and O–H groups in total. The van der Waals surface area contributed by atoms with E-state index < -0.39 is 0 Å². The number of likely N-dealkylation sites (tertiary alicyclic amines) is 1. The first-order valence-electron chi connectivity index (χ1n) is 9.81. The zero-order valence-corrected chi connectivity index (χ0v) is 18.5. The number of hydrogen-bond donors (Lipinski definition) is 1. The predicted octanol–water partition coefficient (Wildman–Crippen LogP) is 4.03. The number of aliphatic imine (C=N–C) groups is 1. The molecule has 1 aromatic rings. The number of nitrogens with zero attached hydrogens (tertiary/aromatic N) is 2. The van der Waals surface area contributed by atoms with E-state index in [2.05, 4.69) is 17.1 Å². The second-order valence-corrected chi connectivity index (χ2v) is 8.46. The molecule has 7 heteroatoms. The Morgan fingerprint density at radius 3 is 2.63 bits per heavy atom. The molecule has 3 saturated heterocycles. The quantitative estimate of drug-likeness (QED) is 0.383. The van der Waals surface area contributed by atoms with Gasteiger partial charge in [0.05, 0.1) is 12.2 Å². The Morgan fingerprint density at radius 2 is 2.00 bits per heavy atom. The highest BCUT2D eigenvalue weighted by Gasteiger charge is 2.54. The number of rotatable bonds is 3. The molecule has 0 aromatic heterocycles. The average Bonchev–Trinajstić information content (AvgIpc) is 3.01. The van der Waals surface area contributed by atoms with Crippen LogP contribution in [0.4, 0.5) is 4.39 Å². The Hall–Kier alpha value is -0.600. The van der Waals surface area contributed by atoms with Crippen LogP contribution in [-0.2, 0) is 4.74 Å². The summed E-state index contributed by atoms with van der Waals surface area (Å²) in [5.41, 5.74) is 0.646. The van der Waals surface area contributed by atoms with Crippen molar-refractivity contribution in [2.24, 2.45) is 16.8 Å². The fourth-order valence-corrected chi connectivity index (χ4v) is 5.53. The van der Waals surface area contributed by atoms with Crippen LogP contribution in [0.2, 0.25) is 5.02 Å². The first kappa shape index (κ1) is 19.7. The Kier molecular flexibility index (Phi) is 5.60. The fraction of sp³-hybridized carbons (Fsp3) is 0.650. The second-order valence-electron chi connectivity index (χ2n) is 8.05. The van der Waals surface area contributed by atoms with E-state index in [1.165, 1.54) is 18.9 Å². The van der Waals surface area contributed by atoms with Gasteiger partial charge in [-0.15, -0.1) is 24.0 Å². The van der Waals surface area contributed by atoms with Crippen molar-refractivity contribution >= 4 is 41.5 Å². The summed E-state index contributed by atoms with van der Waals surface area (Å²) in [7, 11) is 0. The van der Waals surface area contributed by atoms with Crippen LogP contribution in [-0.4, -0.2) is 48.7 Å². The van der Waals surface area contributed by atoms with Gasteiger partial charge >= 0.3 is 0 Å². The lowest BCUT2D eigenvalue weighted by Gasteiger charge is -2.24. The van der Waals surface area contributed by atoms with Gasteiger partial charge in [0.25, 0.3) is 0 Å². The van der Waals surface area contributed by atoms with Crippen LogP contribution < -0.4 is 5.32 Å². The Labute approximate surface area is 181 Å². The minimum Gasteiger partial charge on any atom is -0.374 e. The lowest BCUT2D eigenvalue weighted by molar-refractivity contribution is 0.0767. The Balaban J connectivity index is 0.00000180. The number of guanidine groups is 1. The summed E-state index contributed by atoms with van der Waals surface area (Å²) >= 11 is 6.24. The molecule has 0 spiro atoms. The van der Waals surface area contributed by atoms with Crippen LogP contribution in [0.1, 0.15) is 37.7 Å². The van der Waals surface area contributed by atoms with Crippen LogP contribution in [0.5, 0.6) is 0 Å². The molecular weight excluding hydrogens is 480 g/mol. The molecule has 148 valence electrons. The van der Waals surface area contributed by atoms with Crippen LogP contribution in [0.15, 0.2) is 23.2 Å². The standard InChI is InChI=1S/C20H25ClFN3O.HI/c1-2-23-20(25-9-12-13(10-25)18-7-6-17(12)26-18)24-16-8-11(16)19-14(21)4-3-5-15(19)22;/h3-5,11-13,16-18H,2,6-10H2,1H3,(H,23,24);1H. The van der Waals surface area contributed by atoms with Crippen molar-refractivity contribution in [1.29, 1.82) is 0 Å². The van der Waals surface area contributed by atoms with Gasteiger partial charge in [-0.25, -0.2) is 4.39 Å². The van der Waals surface area contributed by atoms with E-state index >= 15 is 0 Å². The summed E-state index contributed by atoms with van der Waals surface area (Å²) < 4.78 is 20.3. The molecule has 0 amide bonds. The smallest absolute Gasteiger partial charge is 0.194 e. The van der Waals surface area contributed by atoms with Crippen molar-refractivity contribution in [3.63, 3.8) is 0 Å². The van der Waals surface area contributed by atoms with Crippen LogP contribution >= 0.6 is 35.6 Å². The maximum atomic E-state index is 14.2. The summed E-state index contributed by atoms with van der Waals surface area (Å²) in [6.07, 6.45) is 4.22. The summed E-state index contributed by atoms with van der Waals surface area (Å²) in [4.78, 5) is 7.11. The van der Waals surface area contributed by atoms with Crippen molar-refractivity contribution in [3.05, 3.63) is 34.6 Å². The monoisotopic (exact) mass is 505 g/mol. The zero-order valence-electron chi connectivity index (χ0n) is 15.4. The normalized spacial score (nSPS) is 36.6. The topological polar surface area (TPSA) is 36.9 Å². The molecule has 6 atom stereocenters. The summed E-state index contributed by atoms with van der Waals surface area (Å²) in [5, 5.41) is 4.11. The zero-order chi connectivity index (χ0) is 17.8. The van der Waals surface area contributed by atoms with E-state index in [1.807, 2.05) is 0 Å². The van der Waals surface area contributed by atoms with Gasteiger partial charge in [-0.05, 0) is 38.3 Å². The van der Waals surface area contributed by atoms with Gasteiger partial charge in [-0.3, -0.25) is 4.99 Å². The maximum Gasteiger partial charge on any atom is 0.194 e. The molecule has 4 nitrogen and oxygen atoms in total. The molecule has 4 fully saturated rings. The lowest BCUT2D eigenvalue weighted by atomic mass is 9.82. The number of benzene rings is 1. The van der Waals surface area contributed by atoms with Gasteiger partial charge < -0.3 is 15.0 Å². The molecule has 3 aliphatic heterocycles. The number of hydrogen-bond acceptors (Lipinski definition) is 2. The van der Waals surface area contributed by atoms with Crippen LogP contribution in [0.3, 0.4) is 0 Å². The van der Waals surface area contributed by atoms with E-state index in [9.17, 15) is 4.39 Å². The molecule has 27 heavy (non-hydrogen) atoms. The maximum absolute atomic E-state index is 14.2. The molecule has 1 aliphatic carbocycles. The van der Waals surface area contributed by atoms with Gasteiger partial charge in [-0.2, -0.15) is 0 Å². The first-order valence-corrected chi connectivity index (χ1v) is 10.2. The lowest BCUT2D eigenvalue weighted by Crippen LogP contribution is -2.42. The van der Waals surface area contributed by atoms with E-state index in [4.69, 9.17) is 21.3 Å². The molecule has 3 heterocycles. The molecule has 5 rings (SSSR count). The number of nitrogens with one attached hydrogen (secondary N) is 1. The summed E-state index contributed by atoms with van der Waals surface area (Å²) in [5.74, 6) is 2.20. The van der Waals surface area contributed by atoms with Crippen molar-refractivity contribution in [1.82, 2.24) is 10.2 Å². The van der Waals surface area contributed by atoms with Gasteiger partial charge in [0.1, 0.15) is 5.82 Å². The number of halogens is 3. The first-order chi connectivity index (χ1) is 12.7. The van der Waals surface area contributed by atoms with Gasteiger partial charge in [0.15, 0.2) is 5.96 Å². The highest BCUT2D eigenvalue weighted by Crippen LogP contribution is 2.48. The minimum absolute atomic E-state index is 0. The van der Waals surface area contributed by atoms with E-state index in [-0.39, 0.29) is 41.8 Å². The minimum atomic E-state index is -0.204. The molecule has 1 aromatic carbocycles. The molecular formula is C20H26ClFIN3O. The molecule has 0 radical (unpaired) electrons. The molecule has 4 aliphatic rings. The van der Waals surface area contributed by atoms with Gasteiger partial charge in [-0.1, -0.05) is 17.7 Å². The molecule has 2 bridgehead atoms. The van der Waals surface area contributed by atoms with Crippen LogP contribution in [0.25, 0.3) is 0 Å². The van der Waals surface area contributed by atoms with E-state index in [0.717, 1.165) is 32.0 Å². The van der Waals surface area contributed by atoms with Gasteiger partial charge in [0, 0.05) is 54.0 Å². The second kappa shape index (κ2) is 7.67. The number of fused-ring (bicyclic) bond motifs is 5. The Bertz CT molecular complexity index is 710. The summed E-state index contributed by atoms with van der Waals surface area (Å²) in [6, 6.07) is 5.14. The van der Waals surface area contributed by atoms with E-state index in [1.54, 1.807) is 12.1 Å². The largest absolute Gasteiger partial charge is 0.374 e. The highest BCUT2D eigenvalue weighted by molar-refractivity contribution is 14.0. The van der Waals surface area contributed by atoms with Crippen molar-refractivity contribution in [2.75, 3.05) is 19.6 Å². The van der Waals surface area contributed by atoms with Crippen molar-refractivity contribution in [3.8, 4) is 0 Å².